The lowest BCUT2D eigenvalue weighted by Gasteiger charge is -2.07. The standard InChI is InChI=1S/C10H23N.C2H6O/c1-9(2)5-7-11-8-6-10(3)4;1-2-3/h9-11H,5-8H2,1-4H3;3H,2H2,1H3. The minimum absolute atomic E-state index is 0.250. The lowest BCUT2D eigenvalue weighted by Crippen LogP contribution is -2.19. The molecule has 0 atom stereocenters. The lowest BCUT2D eigenvalue weighted by atomic mass is 10.1. The van der Waals surface area contributed by atoms with E-state index < -0.39 is 0 Å². The molecule has 0 aromatic heterocycles. The fourth-order valence-corrected chi connectivity index (χ4v) is 0.906. The molecule has 0 radical (unpaired) electrons. The van der Waals surface area contributed by atoms with Gasteiger partial charge < -0.3 is 10.4 Å². The first kappa shape index (κ1) is 16.4. The van der Waals surface area contributed by atoms with Crippen LogP contribution in [-0.2, 0) is 0 Å². The molecule has 0 aliphatic heterocycles. The molecule has 0 unspecified atom stereocenters. The summed E-state index contributed by atoms with van der Waals surface area (Å²) in [5.41, 5.74) is 0. The van der Waals surface area contributed by atoms with Gasteiger partial charge in [-0.2, -0.15) is 0 Å². The SMILES string of the molecule is CC(C)CCNCCC(C)C.CCO. The molecular weight excluding hydrogens is 174 g/mol. The molecule has 0 saturated heterocycles. The summed E-state index contributed by atoms with van der Waals surface area (Å²) >= 11 is 0. The zero-order chi connectivity index (χ0) is 11.4. The van der Waals surface area contributed by atoms with Gasteiger partial charge in [-0.25, -0.2) is 0 Å². The number of rotatable bonds is 6. The highest BCUT2D eigenvalue weighted by Crippen LogP contribution is 1.98. The normalized spacial score (nSPS) is 10.3. The topological polar surface area (TPSA) is 32.3 Å². The van der Waals surface area contributed by atoms with E-state index in [1.807, 2.05) is 0 Å². The third kappa shape index (κ3) is 22.7. The van der Waals surface area contributed by atoms with E-state index in [1.54, 1.807) is 6.92 Å². The number of aliphatic hydroxyl groups excluding tert-OH is 1. The van der Waals surface area contributed by atoms with Crippen molar-refractivity contribution in [3.63, 3.8) is 0 Å². The van der Waals surface area contributed by atoms with Gasteiger partial charge in [0.2, 0.25) is 0 Å². The Bertz CT molecular complexity index is 82.3. The summed E-state index contributed by atoms with van der Waals surface area (Å²) in [6, 6.07) is 0. The monoisotopic (exact) mass is 203 g/mol. The highest BCUT2D eigenvalue weighted by molar-refractivity contribution is 4.52. The Morgan fingerprint density at radius 3 is 1.43 bits per heavy atom. The second-order valence-electron chi connectivity index (χ2n) is 4.43. The second kappa shape index (κ2) is 12.9. The van der Waals surface area contributed by atoms with E-state index in [0.717, 1.165) is 11.8 Å². The Morgan fingerprint density at radius 2 is 1.21 bits per heavy atom. The zero-order valence-electron chi connectivity index (χ0n) is 10.6. The van der Waals surface area contributed by atoms with Gasteiger partial charge >= 0.3 is 0 Å². The average molecular weight is 203 g/mol. The number of hydrogen-bond donors (Lipinski definition) is 2. The van der Waals surface area contributed by atoms with Crippen LogP contribution >= 0.6 is 0 Å². The van der Waals surface area contributed by atoms with Crippen molar-refractivity contribution in [1.29, 1.82) is 0 Å². The van der Waals surface area contributed by atoms with Crippen LogP contribution in [0, 0.1) is 11.8 Å². The fourth-order valence-electron chi connectivity index (χ4n) is 0.906. The minimum atomic E-state index is 0.250. The van der Waals surface area contributed by atoms with E-state index >= 15 is 0 Å². The van der Waals surface area contributed by atoms with Crippen LogP contribution in [0.1, 0.15) is 47.5 Å². The Balaban J connectivity index is 0. The van der Waals surface area contributed by atoms with Crippen molar-refractivity contribution in [3.8, 4) is 0 Å². The summed E-state index contributed by atoms with van der Waals surface area (Å²) in [6.07, 6.45) is 2.61. The van der Waals surface area contributed by atoms with Crippen molar-refractivity contribution in [2.45, 2.75) is 47.5 Å². The predicted octanol–water partition coefficient (Wildman–Crippen LogP) is 2.67. The Labute approximate surface area is 90.1 Å². The number of hydrogen-bond acceptors (Lipinski definition) is 2. The van der Waals surface area contributed by atoms with Crippen molar-refractivity contribution in [3.05, 3.63) is 0 Å². The van der Waals surface area contributed by atoms with Crippen molar-refractivity contribution in [1.82, 2.24) is 5.32 Å². The molecule has 0 aliphatic carbocycles. The number of aliphatic hydroxyl groups is 1. The van der Waals surface area contributed by atoms with E-state index in [9.17, 15) is 0 Å². The van der Waals surface area contributed by atoms with Crippen LogP contribution in [0.15, 0.2) is 0 Å². The summed E-state index contributed by atoms with van der Waals surface area (Å²) in [5.74, 6) is 1.67. The van der Waals surface area contributed by atoms with Crippen molar-refractivity contribution >= 4 is 0 Å². The van der Waals surface area contributed by atoms with Gasteiger partial charge in [0.15, 0.2) is 0 Å². The summed E-state index contributed by atoms with van der Waals surface area (Å²) in [5, 5.41) is 11.0. The van der Waals surface area contributed by atoms with Gasteiger partial charge in [-0.15, -0.1) is 0 Å². The fraction of sp³-hybridized carbons (Fsp3) is 1.00. The molecule has 14 heavy (non-hydrogen) atoms. The van der Waals surface area contributed by atoms with Crippen LogP contribution in [0.4, 0.5) is 0 Å². The first-order valence-electron chi connectivity index (χ1n) is 5.86. The molecule has 0 aliphatic rings. The first-order chi connectivity index (χ1) is 6.54. The maximum atomic E-state index is 7.57. The van der Waals surface area contributed by atoms with E-state index in [2.05, 4.69) is 33.0 Å². The molecule has 2 nitrogen and oxygen atoms in total. The quantitative estimate of drug-likeness (QED) is 0.651. The third-order valence-electron chi connectivity index (χ3n) is 1.80. The van der Waals surface area contributed by atoms with Gasteiger partial charge in [-0.3, -0.25) is 0 Å². The molecule has 2 heteroatoms. The molecule has 0 spiro atoms. The average Bonchev–Trinajstić information content (AvgIpc) is 2.04. The van der Waals surface area contributed by atoms with Crippen LogP contribution in [0.3, 0.4) is 0 Å². The molecule has 88 valence electrons. The minimum Gasteiger partial charge on any atom is -0.397 e. The molecule has 0 fully saturated rings. The molecule has 0 aromatic rings. The van der Waals surface area contributed by atoms with Crippen LogP contribution in [0.25, 0.3) is 0 Å². The highest BCUT2D eigenvalue weighted by Gasteiger charge is 1.94. The van der Waals surface area contributed by atoms with Crippen LogP contribution in [-0.4, -0.2) is 24.8 Å². The van der Waals surface area contributed by atoms with Crippen molar-refractivity contribution in [2.75, 3.05) is 19.7 Å². The maximum absolute atomic E-state index is 7.57. The van der Waals surface area contributed by atoms with Crippen LogP contribution in [0.2, 0.25) is 0 Å². The maximum Gasteiger partial charge on any atom is 0.0402 e. The second-order valence-corrected chi connectivity index (χ2v) is 4.43. The summed E-state index contributed by atoms with van der Waals surface area (Å²) in [4.78, 5) is 0. The molecule has 0 heterocycles. The molecule has 0 rings (SSSR count). The molecule has 2 N–H and O–H groups in total. The largest absolute Gasteiger partial charge is 0.397 e. The lowest BCUT2D eigenvalue weighted by molar-refractivity contribution is 0.318. The molecule has 0 aromatic carbocycles. The van der Waals surface area contributed by atoms with Crippen LogP contribution in [0.5, 0.6) is 0 Å². The molecule has 0 amide bonds. The first-order valence-corrected chi connectivity index (χ1v) is 5.86. The van der Waals surface area contributed by atoms with Crippen molar-refractivity contribution < 1.29 is 5.11 Å². The van der Waals surface area contributed by atoms with Crippen LogP contribution < -0.4 is 5.32 Å². The molecule has 0 bridgehead atoms. The zero-order valence-corrected chi connectivity index (χ0v) is 10.6. The van der Waals surface area contributed by atoms with Gasteiger partial charge in [0, 0.05) is 6.61 Å². The molecule has 0 saturated carbocycles. The summed E-state index contributed by atoms with van der Waals surface area (Å²) in [7, 11) is 0. The Kier molecular flexibility index (Phi) is 15.1. The third-order valence-corrected chi connectivity index (χ3v) is 1.80. The van der Waals surface area contributed by atoms with E-state index in [4.69, 9.17) is 5.11 Å². The Morgan fingerprint density at radius 1 is 0.929 bits per heavy atom. The highest BCUT2D eigenvalue weighted by atomic mass is 16.2. The van der Waals surface area contributed by atoms with Gasteiger partial charge in [-0.1, -0.05) is 27.7 Å². The van der Waals surface area contributed by atoms with E-state index in [-0.39, 0.29) is 6.61 Å². The van der Waals surface area contributed by atoms with Gasteiger partial charge in [0.05, 0.1) is 0 Å². The Hall–Kier alpha value is -0.0800. The van der Waals surface area contributed by atoms with E-state index in [0.29, 0.717) is 0 Å². The summed E-state index contributed by atoms with van der Waals surface area (Å²) < 4.78 is 0. The van der Waals surface area contributed by atoms with Crippen molar-refractivity contribution in [2.24, 2.45) is 11.8 Å². The van der Waals surface area contributed by atoms with E-state index in [1.165, 1.54) is 25.9 Å². The van der Waals surface area contributed by atoms with Gasteiger partial charge in [-0.05, 0) is 44.7 Å². The van der Waals surface area contributed by atoms with Gasteiger partial charge in [0.25, 0.3) is 0 Å². The summed E-state index contributed by atoms with van der Waals surface area (Å²) in [6.45, 7) is 13.4. The molecular formula is C12H29NO. The number of nitrogens with one attached hydrogen (secondary N) is 1. The van der Waals surface area contributed by atoms with Gasteiger partial charge in [0.1, 0.15) is 0 Å². The predicted molar refractivity (Wildman–Crippen MR) is 64.5 cm³/mol. The smallest absolute Gasteiger partial charge is 0.0402 e.